The number of aromatic nitrogens is 1. The van der Waals surface area contributed by atoms with Gasteiger partial charge in [-0.05, 0) is 38.0 Å². The topological polar surface area (TPSA) is 93.0 Å². The summed E-state index contributed by atoms with van der Waals surface area (Å²) in [6.45, 7) is 3.08. The molecule has 0 N–H and O–H groups in total. The van der Waals surface area contributed by atoms with Gasteiger partial charge in [0.1, 0.15) is 5.52 Å². The second-order valence-electron chi connectivity index (χ2n) is 8.18. The number of amides is 2. The highest BCUT2D eigenvalue weighted by atomic mass is 16.5. The van der Waals surface area contributed by atoms with E-state index in [1.54, 1.807) is 37.1 Å². The fourth-order valence-corrected chi connectivity index (χ4v) is 4.09. The van der Waals surface area contributed by atoms with E-state index in [-0.39, 0.29) is 30.2 Å². The van der Waals surface area contributed by atoms with Gasteiger partial charge in [-0.15, -0.1) is 0 Å². The molecule has 0 aliphatic carbocycles. The molecular formula is C25H27N3O5. The summed E-state index contributed by atoms with van der Waals surface area (Å²) in [7, 11) is 1.61. The number of likely N-dealkylation sites (N-methyl/N-ethyl adjacent to an activating group) is 1. The number of benzene rings is 2. The van der Waals surface area contributed by atoms with Crippen LogP contribution >= 0.6 is 0 Å². The number of hydrogen-bond donors (Lipinski definition) is 0. The first-order valence-electron chi connectivity index (χ1n) is 11.1. The van der Waals surface area contributed by atoms with Crippen LogP contribution in [0.4, 0.5) is 0 Å². The molecule has 2 amide bonds. The van der Waals surface area contributed by atoms with E-state index in [4.69, 9.17) is 9.26 Å². The number of hydrogen-bond acceptors (Lipinski definition) is 6. The van der Waals surface area contributed by atoms with Crippen molar-refractivity contribution >= 4 is 28.7 Å². The van der Waals surface area contributed by atoms with Crippen LogP contribution in [0.3, 0.4) is 0 Å². The Labute approximate surface area is 192 Å². The van der Waals surface area contributed by atoms with Crippen molar-refractivity contribution in [3.63, 3.8) is 0 Å². The second kappa shape index (κ2) is 9.85. The molecule has 33 heavy (non-hydrogen) atoms. The van der Waals surface area contributed by atoms with Crippen LogP contribution in [0.1, 0.15) is 30.1 Å². The van der Waals surface area contributed by atoms with Crippen LogP contribution in [0, 0.1) is 5.92 Å². The predicted molar refractivity (Wildman–Crippen MR) is 122 cm³/mol. The number of ether oxygens (including phenoxy) is 1. The quantitative estimate of drug-likeness (QED) is 0.536. The van der Waals surface area contributed by atoms with Crippen molar-refractivity contribution in [3.8, 4) is 11.3 Å². The zero-order valence-electron chi connectivity index (χ0n) is 18.8. The van der Waals surface area contributed by atoms with Gasteiger partial charge in [-0.3, -0.25) is 14.4 Å². The van der Waals surface area contributed by atoms with E-state index >= 15 is 0 Å². The summed E-state index contributed by atoms with van der Waals surface area (Å²) < 4.78 is 10.6. The monoisotopic (exact) mass is 449 g/mol. The van der Waals surface area contributed by atoms with Gasteiger partial charge in [-0.25, -0.2) is 0 Å². The Morgan fingerprint density at radius 1 is 1.12 bits per heavy atom. The van der Waals surface area contributed by atoms with Gasteiger partial charge in [0.15, 0.2) is 5.76 Å². The van der Waals surface area contributed by atoms with Gasteiger partial charge in [-0.2, -0.15) is 0 Å². The van der Waals surface area contributed by atoms with Gasteiger partial charge in [0.25, 0.3) is 5.91 Å². The minimum Gasteiger partial charge on any atom is -0.466 e. The van der Waals surface area contributed by atoms with Gasteiger partial charge in [-0.1, -0.05) is 35.5 Å². The predicted octanol–water partition coefficient (Wildman–Crippen LogP) is 3.37. The fraction of sp³-hybridized carbons (Fsp3) is 0.360. The van der Waals surface area contributed by atoms with E-state index in [1.165, 1.54) is 4.90 Å². The first-order chi connectivity index (χ1) is 16.0. The van der Waals surface area contributed by atoms with E-state index in [2.05, 4.69) is 5.16 Å². The molecule has 8 heteroatoms. The second-order valence-corrected chi connectivity index (χ2v) is 8.18. The summed E-state index contributed by atoms with van der Waals surface area (Å²) in [5.41, 5.74) is 1.99. The summed E-state index contributed by atoms with van der Waals surface area (Å²) >= 11 is 0. The number of carbonyl (C=O) groups is 3. The molecular weight excluding hydrogens is 422 g/mol. The SMILES string of the molecule is CCOC(=O)C1CCN(C(=O)CN(C)C(=O)c2ccc3noc(-c4ccccc4)c3c2)CC1. The van der Waals surface area contributed by atoms with Crippen molar-refractivity contribution < 1.29 is 23.6 Å². The Bertz CT molecular complexity index is 1150. The van der Waals surface area contributed by atoms with Gasteiger partial charge >= 0.3 is 5.97 Å². The third kappa shape index (κ3) is 4.89. The minimum absolute atomic E-state index is 0.0316. The molecule has 0 unspecified atom stereocenters. The van der Waals surface area contributed by atoms with Crippen molar-refractivity contribution in [1.82, 2.24) is 15.0 Å². The molecule has 1 aliphatic heterocycles. The third-order valence-electron chi connectivity index (χ3n) is 5.95. The largest absolute Gasteiger partial charge is 0.466 e. The first-order valence-corrected chi connectivity index (χ1v) is 11.1. The van der Waals surface area contributed by atoms with Crippen molar-refractivity contribution in [1.29, 1.82) is 0 Å². The molecule has 0 radical (unpaired) electrons. The molecule has 0 atom stereocenters. The Kier molecular flexibility index (Phi) is 6.72. The number of esters is 1. The number of likely N-dealkylation sites (tertiary alicyclic amines) is 1. The number of carbonyl (C=O) groups excluding carboxylic acids is 3. The molecule has 172 valence electrons. The Balaban J connectivity index is 1.41. The third-order valence-corrected chi connectivity index (χ3v) is 5.95. The average molecular weight is 450 g/mol. The molecule has 8 nitrogen and oxygen atoms in total. The number of fused-ring (bicyclic) bond motifs is 1. The van der Waals surface area contributed by atoms with E-state index < -0.39 is 0 Å². The lowest BCUT2D eigenvalue weighted by Crippen LogP contribution is -2.45. The highest BCUT2D eigenvalue weighted by Crippen LogP contribution is 2.29. The van der Waals surface area contributed by atoms with Crippen LogP contribution in [0.2, 0.25) is 0 Å². The molecule has 2 aromatic carbocycles. The average Bonchev–Trinajstić information content (AvgIpc) is 3.27. The van der Waals surface area contributed by atoms with Gasteiger partial charge < -0.3 is 19.1 Å². The van der Waals surface area contributed by atoms with Crippen molar-refractivity contribution in [2.24, 2.45) is 5.92 Å². The summed E-state index contributed by atoms with van der Waals surface area (Å²) in [4.78, 5) is 40.8. The zero-order chi connectivity index (χ0) is 23.4. The summed E-state index contributed by atoms with van der Waals surface area (Å²) in [6.07, 6.45) is 1.16. The van der Waals surface area contributed by atoms with E-state index in [0.717, 1.165) is 10.9 Å². The van der Waals surface area contributed by atoms with Crippen LogP contribution in [0.25, 0.3) is 22.2 Å². The van der Waals surface area contributed by atoms with E-state index in [1.807, 2.05) is 30.3 Å². The van der Waals surface area contributed by atoms with Gasteiger partial charge in [0.05, 0.1) is 24.5 Å². The summed E-state index contributed by atoms with van der Waals surface area (Å²) in [5, 5.41) is 4.83. The summed E-state index contributed by atoms with van der Waals surface area (Å²) in [5.74, 6) is -0.155. The maximum Gasteiger partial charge on any atom is 0.309 e. The van der Waals surface area contributed by atoms with Crippen molar-refractivity contribution in [3.05, 3.63) is 54.1 Å². The first kappa shape index (κ1) is 22.5. The van der Waals surface area contributed by atoms with Crippen molar-refractivity contribution in [2.75, 3.05) is 33.3 Å². The zero-order valence-corrected chi connectivity index (χ0v) is 18.8. The Morgan fingerprint density at radius 2 is 1.85 bits per heavy atom. The molecule has 0 saturated carbocycles. The molecule has 4 rings (SSSR count). The van der Waals surface area contributed by atoms with Crippen LogP contribution in [0.15, 0.2) is 53.1 Å². The Morgan fingerprint density at radius 3 is 2.55 bits per heavy atom. The van der Waals surface area contributed by atoms with Crippen molar-refractivity contribution in [2.45, 2.75) is 19.8 Å². The molecule has 1 aliphatic rings. The maximum atomic E-state index is 13.0. The van der Waals surface area contributed by atoms with E-state index in [0.29, 0.717) is 49.4 Å². The fourth-order valence-electron chi connectivity index (χ4n) is 4.09. The highest BCUT2D eigenvalue weighted by molar-refractivity contribution is 6.01. The van der Waals surface area contributed by atoms with Gasteiger partial charge in [0.2, 0.25) is 5.91 Å². The molecule has 3 aromatic rings. The van der Waals surface area contributed by atoms with E-state index in [9.17, 15) is 14.4 Å². The molecule has 1 saturated heterocycles. The standard InChI is InChI=1S/C25H27N3O5/c1-3-32-25(31)18-11-13-28(14-12-18)22(29)16-27(2)24(30)19-9-10-21-20(15-19)23(33-26-21)17-7-5-4-6-8-17/h4-10,15,18H,3,11-14,16H2,1-2H3. The van der Waals surface area contributed by atoms with Crippen LogP contribution in [-0.2, 0) is 14.3 Å². The Hall–Kier alpha value is -3.68. The van der Waals surface area contributed by atoms with Gasteiger partial charge in [0, 0.05) is 31.3 Å². The summed E-state index contributed by atoms with van der Waals surface area (Å²) in [6, 6.07) is 14.8. The molecule has 1 aromatic heterocycles. The van der Waals surface area contributed by atoms with Crippen LogP contribution in [0.5, 0.6) is 0 Å². The van der Waals surface area contributed by atoms with Crippen LogP contribution < -0.4 is 0 Å². The smallest absolute Gasteiger partial charge is 0.309 e. The molecule has 2 heterocycles. The normalized spacial score (nSPS) is 14.3. The molecule has 1 fully saturated rings. The molecule has 0 spiro atoms. The van der Waals surface area contributed by atoms with Crippen LogP contribution in [-0.4, -0.2) is 66.0 Å². The number of rotatable bonds is 6. The molecule has 0 bridgehead atoms. The number of nitrogens with zero attached hydrogens (tertiary/aromatic N) is 3. The lowest BCUT2D eigenvalue weighted by atomic mass is 9.97. The highest BCUT2D eigenvalue weighted by Gasteiger charge is 2.29. The lowest BCUT2D eigenvalue weighted by Gasteiger charge is -2.32. The maximum absolute atomic E-state index is 13.0. The lowest BCUT2D eigenvalue weighted by molar-refractivity contribution is -0.151. The number of piperidine rings is 1. The minimum atomic E-state index is -0.258.